The van der Waals surface area contributed by atoms with Crippen molar-refractivity contribution in [3.05, 3.63) is 221 Å². The second-order valence-electron chi connectivity index (χ2n) is 40.4. The molecule has 0 aromatic heterocycles. The van der Waals surface area contributed by atoms with Gasteiger partial charge in [-0.15, -0.1) is 0 Å². The van der Waals surface area contributed by atoms with Crippen LogP contribution in [0.1, 0.15) is 70.7 Å². The van der Waals surface area contributed by atoms with Gasteiger partial charge in [-0.1, -0.05) is 109 Å². The van der Waals surface area contributed by atoms with Crippen LogP contribution in [0.2, 0.25) is 0 Å². The largest absolute Gasteiger partial charge is 0.508 e. The van der Waals surface area contributed by atoms with Crippen LogP contribution in [0.15, 0.2) is 177 Å². The highest BCUT2D eigenvalue weighted by molar-refractivity contribution is 6.29. The quantitative estimate of drug-likeness (QED) is 0.0692. The lowest BCUT2D eigenvalue weighted by Gasteiger charge is -2.52. The number of carbonyl (C=O) groups is 12. The van der Waals surface area contributed by atoms with Crippen LogP contribution in [-0.4, -0.2) is 317 Å². The molecule has 8 aromatic carbocycles. The predicted molar refractivity (Wildman–Crippen MR) is 528 cm³/mol. The molecule has 0 bridgehead atoms. The number of aliphatic hydroxyl groups is 13. The first kappa shape index (κ1) is 101. The minimum atomic E-state index is -2.91. The maximum absolute atomic E-state index is 14.1. The number of primary amides is 3. The SMILES string of the molecule is CC(=O)C1=C(O)[C@@]2(O)C(=O)C3=C(O)c4c(c(N(C)C)c5ccccc5c4O)C[C@H]3C[C@H]2[C@H](N(C)C)C1=O.CN(C)[C@@H]1C(=O)C(C(N)=O)=C(O)[C@@]2(O)C(=O)C3=C(O)c4c(cc5ccccc5c4O)C[C@H]3[C@H](O)[C@@H]12.COc1c2c(c(N(C)C)c3ccccc13)C[C@H]1C[C@H]3[C@H](N(C)C)C(=O)C(C(N)=O)=C(O)[C@@]3(O)C(=O)C1=C2O.COc1c2c(cc3ccccc13)C[C@H]1C[C@H]3[C@H](N(C)C)C(=O)C(C(N)=O)=C(O)[C@@]3(O)C(=O)C1=C2O. The van der Waals surface area contributed by atoms with Gasteiger partial charge < -0.3 is 113 Å². The molecule has 4 fully saturated rings. The Morgan fingerprint density at radius 1 is 0.359 bits per heavy atom. The Morgan fingerprint density at radius 3 is 1.08 bits per heavy atom. The van der Waals surface area contributed by atoms with Crippen molar-refractivity contribution >= 4 is 147 Å². The average molecular weight is 1990 g/mol. The summed E-state index contributed by atoms with van der Waals surface area (Å²) in [5, 5.41) is 176. The third-order valence-corrected chi connectivity index (χ3v) is 31.5. The van der Waals surface area contributed by atoms with Crippen LogP contribution in [0.3, 0.4) is 0 Å². The topological polar surface area (TPSA) is 624 Å². The van der Waals surface area contributed by atoms with Crippen LogP contribution in [-0.2, 0) is 83.2 Å². The molecule has 0 aliphatic heterocycles. The molecular formula is C107H111N9O29. The molecule has 38 nitrogen and oxygen atoms in total. The van der Waals surface area contributed by atoms with Gasteiger partial charge in [-0.3, -0.25) is 77.1 Å². The Balaban J connectivity index is 0.000000132. The zero-order chi connectivity index (χ0) is 106. The molecule has 4 saturated carbocycles. The number of benzene rings is 8. The summed E-state index contributed by atoms with van der Waals surface area (Å²) in [6, 6.07) is 28.3. The Hall–Kier alpha value is -15.0. The lowest BCUT2D eigenvalue weighted by Crippen LogP contribution is -2.70. The van der Waals surface area contributed by atoms with Gasteiger partial charge in [-0.2, -0.15) is 0 Å². The monoisotopic (exact) mass is 1990 g/mol. The molecule has 38 heteroatoms. The minimum absolute atomic E-state index is 0.00804. The molecule has 12 aliphatic carbocycles. The average Bonchev–Trinajstić information content (AvgIpc) is 0.699. The second-order valence-corrected chi connectivity index (χ2v) is 40.4. The molecule has 758 valence electrons. The van der Waals surface area contributed by atoms with Crippen molar-refractivity contribution in [3.63, 3.8) is 0 Å². The van der Waals surface area contributed by atoms with E-state index in [4.69, 9.17) is 26.7 Å². The fourth-order valence-electron chi connectivity index (χ4n) is 25.5. The number of fused-ring (bicyclic) bond motifs is 16. The maximum atomic E-state index is 14.1. The number of ketones is 9. The summed E-state index contributed by atoms with van der Waals surface area (Å²) in [6.45, 7) is 1.09. The Morgan fingerprint density at radius 2 is 0.669 bits per heavy atom. The maximum Gasteiger partial charge on any atom is 0.255 e. The van der Waals surface area contributed by atoms with E-state index in [-0.39, 0.29) is 83.0 Å². The van der Waals surface area contributed by atoms with Crippen LogP contribution in [0.25, 0.3) is 66.1 Å². The molecular weight excluding hydrogens is 1880 g/mol. The number of hydrogen-bond donors (Lipinski definition) is 18. The third-order valence-electron chi connectivity index (χ3n) is 31.5. The highest BCUT2D eigenvalue weighted by Gasteiger charge is 2.71. The molecule has 0 heterocycles. The van der Waals surface area contributed by atoms with E-state index in [1.54, 1.807) is 84.8 Å². The van der Waals surface area contributed by atoms with E-state index < -0.39 is 232 Å². The first-order chi connectivity index (χ1) is 68.2. The van der Waals surface area contributed by atoms with E-state index in [0.717, 1.165) is 56.4 Å². The number of hydrogen-bond acceptors (Lipinski definition) is 35. The summed E-state index contributed by atoms with van der Waals surface area (Å²) in [5.41, 5.74) is 6.63. The lowest BCUT2D eigenvalue weighted by molar-refractivity contribution is -0.168. The number of nitrogens with zero attached hydrogens (tertiary/aromatic N) is 6. The number of aromatic hydroxyl groups is 2. The minimum Gasteiger partial charge on any atom is -0.508 e. The molecule has 0 radical (unpaired) electrons. The zero-order valence-corrected chi connectivity index (χ0v) is 81.7. The van der Waals surface area contributed by atoms with Crippen molar-refractivity contribution < 1.29 is 144 Å². The van der Waals surface area contributed by atoms with Crippen molar-refractivity contribution in [3.8, 4) is 23.0 Å². The van der Waals surface area contributed by atoms with Crippen LogP contribution in [0, 0.1) is 47.3 Å². The molecule has 3 amide bonds. The number of amides is 3. The highest BCUT2D eigenvalue weighted by atomic mass is 16.5. The van der Waals surface area contributed by atoms with Gasteiger partial charge >= 0.3 is 0 Å². The second kappa shape index (κ2) is 35.8. The number of anilines is 2. The fourth-order valence-corrected chi connectivity index (χ4v) is 25.5. The van der Waals surface area contributed by atoms with Gasteiger partial charge in [-0.05, 0) is 159 Å². The molecule has 0 spiro atoms. The Kier molecular flexibility index (Phi) is 25.1. The zero-order valence-electron chi connectivity index (χ0n) is 81.7. The van der Waals surface area contributed by atoms with Gasteiger partial charge in [0.15, 0.2) is 51.3 Å². The summed E-state index contributed by atoms with van der Waals surface area (Å²) in [6.07, 6.45) is -0.352. The summed E-state index contributed by atoms with van der Waals surface area (Å²) >= 11 is 0. The van der Waals surface area contributed by atoms with E-state index in [2.05, 4.69) is 0 Å². The number of aliphatic hydroxyl groups excluding tert-OH is 9. The molecule has 145 heavy (non-hydrogen) atoms. The summed E-state index contributed by atoms with van der Waals surface area (Å²) < 4.78 is 11.4. The van der Waals surface area contributed by atoms with Gasteiger partial charge in [-0.25, -0.2) is 0 Å². The molecule has 12 aliphatic rings. The first-order valence-electron chi connectivity index (χ1n) is 46.7. The van der Waals surface area contributed by atoms with Crippen molar-refractivity contribution in [2.24, 2.45) is 64.5 Å². The summed E-state index contributed by atoms with van der Waals surface area (Å²) in [4.78, 5) is 167. The van der Waals surface area contributed by atoms with E-state index in [1.807, 2.05) is 105 Å². The Bertz CT molecular complexity index is 7490. The summed E-state index contributed by atoms with van der Waals surface area (Å²) in [5.74, 6) is -25.0. The van der Waals surface area contributed by atoms with Crippen molar-refractivity contribution in [1.29, 1.82) is 0 Å². The van der Waals surface area contributed by atoms with Crippen LogP contribution in [0.5, 0.6) is 23.0 Å². The normalized spacial score (nSPS) is 28.2. The van der Waals surface area contributed by atoms with Gasteiger partial charge in [0.2, 0.25) is 23.1 Å². The molecule has 20 rings (SSSR count). The van der Waals surface area contributed by atoms with Crippen molar-refractivity contribution in [1.82, 2.24) is 19.6 Å². The molecule has 0 saturated heterocycles. The smallest absolute Gasteiger partial charge is 0.255 e. The number of nitrogens with two attached hydrogens (primary N) is 3. The fraction of sp³-hybridized carbons (Fsp3) is 0.364. The van der Waals surface area contributed by atoms with Crippen molar-refractivity contribution in [2.75, 3.05) is 109 Å². The van der Waals surface area contributed by atoms with Crippen LogP contribution in [0.4, 0.5) is 11.4 Å². The number of rotatable bonds is 12. The van der Waals surface area contributed by atoms with Gasteiger partial charge in [0.25, 0.3) is 17.7 Å². The van der Waals surface area contributed by atoms with E-state index in [0.29, 0.717) is 62.8 Å². The number of methoxy groups -OCH3 is 2. The number of phenols is 2. The molecule has 8 aromatic rings. The first-order valence-corrected chi connectivity index (χ1v) is 46.7. The predicted octanol–water partition coefficient (Wildman–Crippen LogP) is 5.28. The number of Topliss-reactive ketones (excluding diaryl/α,β-unsaturated/α-hetero) is 9. The molecule has 21 N–H and O–H groups in total. The van der Waals surface area contributed by atoms with Crippen molar-refractivity contribution in [2.45, 2.75) is 105 Å². The van der Waals surface area contributed by atoms with Crippen LogP contribution < -0.4 is 36.5 Å². The van der Waals surface area contributed by atoms with Gasteiger partial charge in [0.05, 0.1) is 72.7 Å². The standard InChI is InChI=1S/C28H31N3O7.C28H30N2O7.C26H26N2O7.C25H24N2O8/c1-30(2)20-13-8-6-7-9-14(13)24(38-5)18-15(20)10-12-11-16-21(31(3)4)23(33)19(27(29)36)26(35)28(16,37)25(34)17(12)22(18)32;1-12(31)18-25(34)22(30(4)5)17-11-13-10-16-20(24(33)19(13)27(36)28(17,37)26(18)35)23(32)15-9-7-6-8-14(15)21(16)29(2)3;1-28(2)19-15-10-13-9-12-8-11-6-4-5-7-14(11)22(35-3)16(12)20(29)17(13)23(31)26(15,34)24(32)18(21(19)30)25(27)33;1-27(2)17-16-19(29)12-8-10-7-9-5-3-4-6-11(9)18(28)13(10)20(30)14(12)22(32)25(16,35)23(33)15(21(17)31)24(26)34/h6-9,12,16,21,32,35,37H,10-11H2,1-5H3,(H2,29,36);6-9,13,17,22,32-33,35,37H,10-11H2,1-5H3;4-8,13,15,19,29,32,34H,9-10H2,1-3H3,(H2,27,33);3-7,12,16-17,19,28-30,33,35H,8H2,1-2H3,(H2,26,34)/t12-,16-,21-,28-;13-,17-,22-,28+;13-,15-,19-,26-;12-,16-,17+,19+,25+/m0001/s1. The molecule has 0 unspecified atom stereocenters. The van der Waals surface area contributed by atoms with E-state index in [1.165, 1.54) is 47.9 Å². The number of likely N-dealkylation sites (N-methyl/N-ethyl adjacent to an activating group) is 4. The van der Waals surface area contributed by atoms with E-state index >= 15 is 0 Å². The molecule has 17 atom stereocenters. The Labute approximate surface area is 828 Å². The van der Waals surface area contributed by atoms with Gasteiger partial charge in [0, 0.05) is 118 Å². The lowest BCUT2D eigenvalue weighted by atomic mass is 9.56. The number of phenolic OH excluding ortho intramolecular Hbond substituents is 2. The summed E-state index contributed by atoms with van der Waals surface area (Å²) in [7, 11) is 23.0. The van der Waals surface area contributed by atoms with Gasteiger partial charge in [0.1, 0.15) is 91.4 Å². The highest BCUT2D eigenvalue weighted by Crippen LogP contribution is 2.62. The third kappa shape index (κ3) is 14.3. The number of ether oxygens (including phenoxy) is 2. The van der Waals surface area contributed by atoms with E-state index in [9.17, 15) is 134 Å². The van der Waals surface area contributed by atoms with Crippen LogP contribution >= 0.6 is 0 Å². The number of carbonyl (C=O) groups excluding carboxylic acids is 12.